The fourth-order valence-electron chi connectivity index (χ4n) is 2.79. The summed E-state index contributed by atoms with van der Waals surface area (Å²) < 4.78 is 6.84. The van der Waals surface area contributed by atoms with Gasteiger partial charge in [0.1, 0.15) is 0 Å². The molecule has 1 aliphatic rings. The molecule has 1 aromatic rings. The minimum absolute atomic E-state index is 0.379. The van der Waals surface area contributed by atoms with Crippen molar-refractivity contribution in [3.63, 3.8) is 0 Å². The lowest BCUT2D eigenvalue weighted by atomic mass is 9.89. The molecule has 1 aliphatic heterocycles. The van der Waals surface area contributed by atoms with E-state index in [0.717, 1.165) is 24.0 Å². The van der Waals surface area contributed by atoms with Crippen LogP contribution in [0.25, 0.3) is 0 Å². The molecule has 3 heteroatoms. The monoisotopic (exact) mass is 311 g/mol. The minimum atomic E-state index is 0.379. The minimum Gasteiger partial charge on any atom is -0.378 e. The van der Waals surface area contributed by atoms with Crippen molar-refractivity contribution < 1.29 is 4.74 Å². The Morgan fingerprint density at radius 1 is 1.39 bits per heavy atom. The summed E-state index contributed by atoms with van der Waals surface area (Å²) in [6, 6.07) is 9.16. The number of benzene rings is 1. The first-order chi connectivity index (χ1) is 8.70. The number of nitrogens with one attached hydrogen (secondary N) is 1. The molecule has 1 aromatic carbocycles. The van der Waals surface area contributed by atoms with Crippen LogP contribution in [0.1, 0.15) is 25.8 Å². The molecule has 0 aromatic heterocycles. The van der Waals surface area contributed by atoms with Gasteiger partial charge in [-0.15, -0.1) is 0 Å². The van der Waals surface area contributed by atoms with E-state index >= 15 is 0 Å². The quantitative estimate of drug-likeness (QED) is 0.900. The average molecular weight is 312 g/mol. The number of ether oxygens (including phenoxy) is 1. The first kappa shape index (κ1) is 14.0. The number of hydrogen-bond acceptors (Lipinski definition) is 2. The topological polar surface area (TPSA) is 21.3 Å². The van der Waals surface area contributed by atoms with Gasteiger partial charge in [-0.1, -0.05) is 35.0 Å². The Morgan fingerprint density at radius 2 is 2.11 bits per heavy atom. The van der Waals surface area contributed by atoms with E-state index < -0.39 is 0 Å². The summed E-state index contributed by atoms with van der Waals surface area (Å²) in [5.41, 5.74) is 1.39. The highest BCUT2D eigenvalue weighted by Gasteiger charge is 2.31. The third kappa shape index (κ3) is 3.56. The normalized spacial score (nSPS) is 25.3. The van der Waals surface area contributed by atoms with Crippen LogP contribution in [-0.4, -0.2) is 25.3 Å². The first-order valence-electron chi connectivity index (χ1n) is 6.80. The fraction of sp³-hybridized carbons (Fsp3) is 0.600. The van der Waals surface area contributed by atoms with Crippen LogP contribution in [0.3, 0.4) is 0 Å². The smallest absolute Gasteiger partial charge is 0.0590 e. The Bertz CT molecular complexity index is 365. The van der Waals surface area contributed by atoms with E-state index in [-0.39, 0.29) is 0 Å². The van der Waals surface area contributed by atoms with Gasteiger partial charge in [0, 0.05) is 23.0 Å². The molecule has 0 radical (unpaired) electrons. The molecule has 18 heavy (non-hydrogen) atoms. The highest BCUT2D eigenvalue weighted by Crippen LogP contribution is 2.26. The predicted octanol–water partition coefficient (Wildman–Crippen LogP) is 3.39. The van der Waals surface area contributed by atoms with Gasteiger partial charge in [0.15, 0.2) is 0 Å². The van der Waals surface area contributed by atoms with Crippen LogP contribution >= 0.6 is 15.9 Å². The van der Waals surface area contributed by atoms with Crippen LogP contribution < -0.4 is 5.32 Å². The zero-order valence-corrected chi connectivity index (χ0v) is 12.7. The zero-order valence-electron chi connectivity index (χ0n) is 11.2. The SMILES string of the molecule is CCNC(Cc1ccc(Br)cc1)C1CCOC1C. The van der Waals surface area contributed by atoms with Crippen LogP contribution in [0.5, 0.6) is 0 Å². The van der Waals surface area contributed by atoms with Crippen molar-refractivity contribution >= 4 is 15.9 Å². The average Bonchev–Trinajstić information content (AvgIpc) is 2.78. The molecule has 3 atom stereocenters. The van der Waals surface area contributed by atoms with Crippen molar-refractivity contribution in [3.05, 3.63) is 34.3 Å². The highest BCUT2D eigenvalue weighted by molar-refractivity contribution is 9.10. The number of halogens is 1. The Balaban J connectivity index is 2.03. The zero-order chi connectivity index (χ0) is 13.0. The predicted molar refractivity (Wildman–Crippen MR) is 78.8 cm³/mol. The van der Waals surface area contributed by atoms with Gasteiger partial charge in [0.05, 0.1) is 6.10 Å². The van der Waals surface area contributed by atoms with E-state index in [1.165, 1.54) is 12.0 Å². The van der Waals surface area contributed by atoms with E-state index in [4.69, 9.17) is 4.74 Å². The maximum Gasteiger partial charge on any atom is 0.0590 e. The molecule has 0 bridgehead atoms. The lowest BCUT2D eigenvalue weighted by molar-refractivity contribution is 0.0956. The van der Waals surface area contributed by atoms with Crippen molar-refractivity contribution in [2.45, 2.75) is 38.8 Å². The first-order valence-corrected chi connectivity index (χ1v) is 7.59. The van der Waals surface area contributed by atoms with Gasteiger partial charge in [0.2, 0.25) is 0 Å². The van der Waals surface area contributed by atoms with Crippen LogP contribution in [0.2, 0.25) is 0 Å². The molecule has 1 saturated heterocycles. The molecule has 100 valence electrons. The lowest BCUT2D eigenvalue weighted by Crippen LogP contribution is -2.40. The molecule has 0 spiro atoms. The van der Waals surface area contributed by atoms with Gasteiger partial charge in [-0.3, -0.25) is 0 Å². The summed E-state index contributed by atoms with van der Waals surface area (Å²) in [6.07, 6.45) is 2.64. The summed E-state index contributed by atoms with van der Waals surface area (Å²) in [5.74, 6) is 0.633. The summed E-state index contributed by atoms with van der Waals surface area (Å²) in [4.78, 5) is 0. The maximum absolute atomic E-state index is 5.70. The molecule has 0 aliphatic carbocycles. The largest absolute Gasteiger partial charge is 0.378 e. The van der Waals surface area contributed by atoms with E-state index in [1.807, 2.05) is 0 Å². The van der Waals surface area contributed by atoms with Gasteiger partial charge >= 0.3 is 0 Å². The highest BCUT2D eigenvalue weighted by atomic mass is 79.9. The third-order valence-electron chi connectivity index (χ3n) is 3.79. The van der Waals surface area contributed by atoms with Gasteiger partial charge in [-0.2, -0.15) is 0 Å². The molecular formula is C15H22BrNO. The summed E-state index contributed by atoms with van der Waals surface area (Å²) in [7, 11) is 0. The van der Waals surface area contributed by atoms with Crippen molar-refractivity contribution in [3.8, 4) is 0 Å². The Morgan fingerprint density at radius 3 is 2.67 bits per heavy atom. The van der Waals surface area contributed by atoms with E-state index in [1.54, 1.807) is 0 Å². The molecule has 2 nitrogen and oxygen atoms in total. The summed E-state index contributed by atoms with van der Waals surface area (Å²) in [5, 5.41) is 3.63. The van der Waals surface area contributed by atoms with Crippen molar-refractivity contribution in [1.82, 2.24) is 5.32 Å². The molecule has 1 N–H and O–H groups in total. The second-order valence-corrected chi connectivity index (χ2v) is 5.94. The van der Waals surface area contributed by atoms with Crippen LogP contribution in [-0.2, 0) is 11.2 Å². The standard InChI is InChI=1S/C15H22BrNO/c1-3-17-15(14-8-9-18-11(14)2)10-12-4-6-13(16)7-5-12/h4-7,11,14-15,17H,3,8-10H2,1-2H3. The van der Waals surface area contributed by atoms with Gasteiger partial charge < -0.3 is 10.1 Å². The molecule has 1 heterocycles. The van der Waals surface area contributed by atoms with Crippen LogP contribution in [0.4, 0.5) is 0 Å². The van der Waals surface area contributed by atoms with Gasteiger partial charge in [-0.05, 0) is 44.0 Å². The molecule has 3 unspecified atom stereocenters. The maximum atomic E-state index is 5.70. The second kappa shape index (κ2) is 6.69. The lowest BCUT2D eigenvalue weighted by Gasteiger charge is -2.26. The molecule has 1 fully saturated rings. The summed E-state index contributed by atoms with van der Waals surface area (Å²) >= 11 is 3.48. The third-order valence-corrected chi connectivity index (χ3v) is 4.32. The van der Waals surface area contributed by atoms with Crippen LogP contribution in [0, 0.1) is 5.92 Å². The van der Waals surface area contributed by atoms with Crippen LogP contribution in [0.15, 0.2) is 28.7 Å². The number of likely N-dealkylation sites (N-methyl/N-ethyl adjacent to an activating group) is 1. The van der Waals surface area contributed by atoms with Crippen molar-refractivity contribution in [1.29, 1.82) is 0 Å². The van der Waals surface area contributed by atoms with E-state index in [9.17, 15) is 0 Å². The Labute approximate surface area is 118 Å². The molecule has 0 saturated carbocycles. The Hall–Kier alpha value is -0.380. The van der Waals surface area contributed by atoms with E-state index in [2.05, 4.69) is 59.4 Å². The van der Waals surface area contributed by atoms with Gasteiger partial charge in [0.25, 0.3) is 0 Å². The number of hydrogen-bond donors (Lipinski definition) is 1. The fourth-order valence-corrected chi connectivity index (χ4v) is 3.05. The van der Waals surface area contributed by atoms with Crippen molar-refractivity contribution in [2.75, 3.05) is 13.2 Å². The molecule has 0 amide bonds. The van der Waals surface area contributed by atoms with E-state index in [0.29, 0.717) is 18.1 Å². The molecule has 2 rings (SSSR count). The van der Waals surface area contributed by atoms with Crippen molar-refractivity contribution in [2.24, 2.45) is 5.92 Å². The summed E-state index contributed by atoms with van der Waals surface area (Å²) in [6.45, 7) is 6.30. The molecular weight excluding hydrogens is 290 g/mol. The number of rotatable bonds is 5. The Kier molecular flexibility index (Phi) is 5.22. The second-order valence-electron chi connectivity index (χ2n) is 5.02. The van der Waals surface area contributed by atoms with Gasteiger partial charge in [-0.25, -0.2) is 0 Å².